The lowest BCUT2D eigenvalue weighted by Crippen LogP contribution is -2.44. The van der Waals surface area contributed by atoms with E-state index in [1.165, 1.54) is 0 Å². The Balaban J connectivity index is 2.14. The first kappa shape index (κ1) is 18.5. The molecule has 1 atom stereocenters. The highest BCUT2D eigenvalue weighted by atomic mass is 35.5. The molecule has 0 saturated carbocycles. The molecule has 1 aliphatic rings. The number of nitrogens with zero attached hydrogens (tertiary/aromatic N) is 1. The first-order valence-corrected chi connectivity index (χ1v) is 9.87. The molecule has 2 rings (SSSR count). The van der Waals surface area contributed by atoms with Crippen molar-refractivity contribution in [1.29, 1.82) is 0 Å². The van der Waals surface area contributed by atoms with Crippen LogP contribution in [0.5, 0.6) is 0 Å². The molecule has 8 heteroatoms. The average molecular weight is 379 g/mol. The molecule has 1 fully saturated rings. The molecular weight excluding hydrogens is 359 g/mol. The fraction of sp³-hybridized carbons (Fsp3) is 0.533. The van der Waals surface area contributed by atoms with E-state index in [4.69, 9.17) is 23.2 Å². The molecule has 1 unspecified atom stereocenters. The number of carbonyl (C=O) groups is 1. The van der Waals surface area contributed by atoms with E-state index in [1.807, 2.05) is 13.8 Å². The summed E-state index contributed by atoms with van der Waals surface area (Å²) in [5.41, 5.74) is 0.00483. The number of halogens is 2. The van der Waals surface area contributed by atoms with Crippen LogP contribution in [0.1, 0.15) is 25.8 Å². The van der Waals surface area contributed by atoms with Crippen LogP contribution in [0.4, 0.5) is 0 Å². The van der Waals surface area contributed by atoms with Crippen LogP contribution in [0.25, 0.3) is 0 Å². The molecule has 1 saturated heterocycles. The van der Waals surface area contributed by atoms with Crippen LogP contribution in [0.15, 0.2) is 18.2 Å². The first-order valence-electron chi connectivity index (χ1n) is 7.23. The molecule has 0 bridgehead atoms. The summed E-state index contributed by atoms with van der Waals surface area (Å²) in [4.78, 5) is 14.5. The van der Waals surface area contributed by atoms with E-state index in [0.717, 1.165) is 11.8 Å². The van der Waals surface area contributed by atoms with Crippen LogP contribution in [0, 0.1) is 0 Å². The van der Waals surface area contributed by atoms with Crippen molar-refractivity contribution in [3.05, 3.63) is 33.8 Å². The van der Waals surface area contributed by atoms with Crippen LogP contribution >= 0.6 is 23.2 Å². The molecule has 1 aromatic rings. The lowest BCUT2D eigenvalue weighted by Gasteiger charge is -2.30. The summed E-state index contributed by atoms with van der Waals surface area (Å²) >= 11 is 12.0. The van der Waals surface area contributed by atoms with Gasteiger partial charge >= 0.3 is 0 Å². The van der Waals surface area contributed by atoms with Crippen molar-refractivity contribution in [2.45, 2.75) is 31.7 Å². The van der Waals surface area contributed by atoms with Gasteiger partial charge in [-0.05, 0) is 38.0 Å². The Kier molecular flexibility index (Phi) is 5.31. The third-order valence-corrected chi connectivity index (χ3v) is 5.53. The Morgan fingerprint density at radius 1 is 1.30 bits per heavy atom. The quantitative estimate of drug-likeness (QED) is 0.874. The minimum atomic E-state index is -3.27. The highest BCUT2D eigenvalue weighted by Gasteiger charge is 2.37. The number of hydrogen-bond donors (Lipinski definition) is 1. The van der Waals surface area contributed by atoms with Gasteiger partial charge in [-0.1, -0.05) is 29.3 Å². The van der Waals surface area contributed by atoms with Crippen LogP contribution in [0.2, 0.25) is 10.0 Å². The second kappa shape index (κ2) is 6.59. The van der Waals surface area contributed by atoms with Crippen LogP contribution in [-0.4, -0.2) is 44.6 Å². The number of sulfonamides is 1. The molecule has 0 radical (unpaired) electrons. The zero-order valence-electron chi connectivity index (χ0n) is 13.3. The maximum Gasteiger partial charge on any atom is 0.232 e. The number of amides is 1. The van der Waals surface area contributed by atoms with E-state index >= 15 is 0 Å². The van der Waals surface area contributed by atoms with E-state index in [9.17, 15) is 13.2 Å². The minimum Gasteiger partial charge on any atom is -0.340 e. The average Bonchev–Trinajstić information content (AvgIpc) is 2.86. The summed E-state index contributed by atoms with van der Waals surface area (Å²) in [6, 6.07) is 4.92. The van der Waals surface area contributed by atoms with Gasteiger partial charge in [0.1, 0.15) is 0 Å². The molecule has 1 N–H and O–H groups in total. The lowest BCUT2D eigenvalue weighted by molar-refractivity contribution is -0.135. The summed E-state index contributed by atoms with van der Waals surface area (Å²) in [5, 5.41) is 0.848. The molecule has 5 nitrogen and oxygen atoms in total. The second-order valence-electron chi connectivity index (χ2n) is 6.38. The third-order valence-electron chi connectivity index (χ3n) is 4.03. The zero-order chi connectivity index (χ0) is 17.4. The van der Waals surface area contributed by atoms with Crippen LogP contribution in [-0.2, 0) is 20.2 Å². The minimum absolute atomic E-state index is 0.0614. The maximum absolute atomic E-state index is 12.8. The molecule has 0 spiro atoms. The van der Waals surface area contributed by atoms with Crippen molar-refractivity contribution in [1.82, 2.24) is 9.62 Å². The molecule has 128 valence electrons. The summed E-state index contributed by atoms with van der Waals surface area (Å²) in [6.45, 7) is 4.55. The van der Waals surface area contributed by atoms with Gasteiger partial charge in [-0.25, -0.2) is 13.1 Å². The zero-order valence-corrected chi connectivity index (χ0v) is 15.6. The SMILES string of the molecule is CC(C)(C(=O)N1CCC(NS(C)(=O)=O)C1)c1ccc(Cl)c(Cl)c1. The van der Waals surface area contributed by atoms with Crippen molar-refractivity contribution < 1.29 is 13.2 Å². The summed E-state index contributed by atoms with van der Waals surface area (Å²) < 4.78 is 25.2. The van der Waals surface area contributed by atoms with Gasteiger partial charge in [0, 0.05) is 19.1 Å². The van der Waals surface area contributed by atoms with Crippen molar-refractivity contribution in [2.24, 2.45) is 0 Å². The molecule has 23 heavy (non-hydrogen) atoms. The van der Waals surface area contributed by atoms with E-state index in [0.29, 0.717) is 29.6 Å². The number of carbonyl (C=O) groups excluding carboxylic acids is 1. The Morgan fingerprint density at radius 3 is 2.52 bits per heavy atom. The highest BCUT2D eigenvalue weighted by molar-refractivity contribution is 7.88. The molecule has 1 aliphatic heterocycles. The van der Waals surface area contributed by atoms with Gasteiger partial charge in [0.15, 0.2) is 0 Å². The predicted molar refractivity (Wildman–Crippen MR) is 92.5 cm³/mol. The molecule has 1 amide bonds. The van der Waals surface area contributed by atoms with Gasteiger partial charge in [0.2, 0.25) is 15.9 Å². The van der Waals surface area contributed by atoms with Crippen molar-refractivity contribution in [3.8, 4) is 0 Å². The van der Waals surface area contributed by atoms with Crippen LogP contribution in [0.3, 0.4) is 0 Å². The van der Waals surface area contributed by atoms with E-state index in [-0.39, 0.29) is 11.9 Å². The molecule has 1 aromatic carbocycles. The van der Waals surface area contributed by atoms with Crippen molar-refractivity contribution in [2.75, 3.05) is 19.3 Å². The normalized spacial score (nSPS) is 19.2. The number of benzene rings is 1. The van der Waals surface area contributed by atoms with Gasteiger partial charge < -0.3 is 4.90 Å². The summed E-state index contributed by atoms with van der Waals surface area (Å²) in [6.07, 6.45) is 1.73. The predicted octanol–water partition coefficient (Wildman–Crippen LogP) is 2.42. The van der Waals surface area contributed by atoms with Gasteiger partial charge in [-0.3, -0.25) is 4.79 Å². The maximum atomic E-state index is 12.8. The Labute approximate surface area is 147 Å². The summed E-state index contributed by atoms with van der Waals surface area (Å²) in [5.74, 6) is -0.0614. The summed E-state index contributed by atoms with van der Waals surface area (Å²) in [7, 11) is -3.27. The second-order valence-corrected chi connectivity index (χ2v) is 8.98. The number of nitrogens with one attached hydrogen (secondary N) is 1. The largest absolute Gasteiger partial charge is 0.340 e. The fourth-order valence-electron chi connectivity index (χ4n) is 2.75. The standard InChI is InChI=1S/C15H20Cl2N2O3S/c1-15(2,10-4-5-12(16)13(17)8-10)14(20)19-7-6-11(9-19)18-23(3,21)22/h4-5,8,11,18H,6-7,9H2,1-3H3. The first-order chi connectivity index (χ1) is 10.5. The monoisotopic (exact) mass is 378 g/mol. The Morgan fingerprint density at radius 2 is 1.96 bits per heavy atom. The Hall–Kier alpha value is -0.820. The topological polar surface area (TPSA) is 66.5 Å². The fourth-order valence-corrected chi connectivity index (χ4v) is 3.84. The molecule has 1 heterocycles. The van der Waals surface area contributed by atoms with Crippen molar-refractivity contribution in [3.63, 3.8) is 0 Å². The molecule has 0 aliphatic carbocycles. The van der Waals surface area contributed by atoms with Gasteiger partial charge in [-0.2, -0.15) is 0 Å². The molecular formula is C15H20Cl2N2O3S. The van der Waals surface area contributed by atoms with E-state index < -0.39 is 15.4 Å². The van der Waals surface area contributed by atoms with E-state index in [1.54, 1.807) is 23.1 Å². The highest BCUT2D eigenvalue weighted by Crippen LogP contribution is 2.32. The number of hydrogen-bond acceptors (Lipinski definition) is 3. The van der Waals surface area contributed by atoms with Gasteiger partial charge in [-0.15, -0.1) is 0 Å². The number of likely N-dealkylation sites (tertiary alicyclic amines) is 1. The molecule has 0 aromatic heterocycles. The number of rotatable bonds is 4. The smallest absolute Gasteiger partial charge is 0.232 e. The van der Waals surface area contributed by atoms with Gasteiger partial charge in [0.05, 0.1) is 21.7 Å². The lowest BCUT2D eigenvalue weighted by atomic mass is 9.83. The van der Waals surface area contributed by atoms with Crippen LogP contribution < -0.4 is 4.72 Å². The van der Waals surface area contributed by atoms with Gasteiger partial charge in [0.25, 0.3) is 0 Å². The van der Waals surface area contributed by atoms with Crippen molar-refractivity contribution >= 4 is 39.1 Å². The Bertz CT molecular complexity index is 719. The third kappa shape index (κ3) is 4.38. The van der Waals surface area contributed by atoms with E-state index in [2.05, 4.69) is 4.72 Å².